The molecule has 0 radical (unpaired) electrons. The molecule has 0 fully saturated rings. The first kappa shape index (κ1) is 23.4. The fraction of sp³-hybridized carbons (Fsp3) is 0.107. The quantitative estimate of drug-likeness (QED) is 0.228. The van der Waals surface area contributed by atoms with Crippen molar-refractivity contribution in [1.82, 2.24) is 14.5 Å². The van der Waals surface area contributed by atoms with E-state index in [-0.39, 0.29) is 17.2 Å². The number of H-pyrrole nitrogens is 1. The van der Waals surface area contributed by atoms with Gasteiger partial charge in [0.1, 0.15) is 11.3 Å². The van der Waals surface area contributed by atoms with Crippen molar-refractivity contribution in [2.24, 2.45) is 0 Å². The van der Waals surface area contributed by atoms with Gasteiger partial charge >= 0.3 is 0 Å². The summed E-state index contributed by atoms with van der Waals surface area (Å²) in [5, 5.41) is 3.36. The molecule has 0 spiro atoms. The number of fused-ring (bicyclic) bond motifs is 1. The van der Waals surface area contributed by atoms with Gasteiger partial charge in [0.2, 0.25) is 5.91 Å². The number of aromatic nitrogens is 3. The molecule has 5 rings (SSSR count). The summed E-state index contributed by atoms with van der Waals surface area (Å²) in [5.74, 6) is 0.630. The lowest BCUT2D eigenvalue weighted by Crippen LogP contribution is -2.25. The van der Waals surface area contributed by atoms with E-state index in [1.165, 1.54) is 11.8 Å². The lowest BCUT2D eigenvalue weighted by Gasteiger charge is -2.12. The van der Waals surface area contributed by atoms with Crippen LogP contribution in [0.15, 0.2) is 101 Å². The Kier molecular flexibility index (Phi) is 6.86. The maximum atomic E-state index is 13.6. The van der Waals surface area contributed by atoms with Crippen LogP contribution in [0.25, 0.3) is 22.3 Å². The van der Waals surface area contributed by atoms with Gasteiger partial charge in [-0.3, -0.25) is 14.2 Å². The van der Waals surface area contributed by atoms with Gasteiger partial charge in [0.25, 0.3) is 5.56 Å². The first-order chi connectivity index (χ1) is 17.6. The van der Waals surface area contributed by atoms with E-state index in [0.29, 0.717) is 34.2 Å². The average Bonchev–Trinajstić information content (AvgIpc) is 3.35. The minimum absolute atomic E-state index is 0.106. The molecule has 0 aliphatic heterocycles. The van der Waals surface area contributed by atoms with Gasteiger partial charge in [0.05, 0.1) is 24.9 Å². The number of methoxy groups -OCH3 is 1. The number of nitrogens with one attached hydrogen (secondary N) is 2. The van der Waals surface area contributed by atoms with E-state index in [0.717, 1.165) is 16.8 Å². The molecule has 0 atom stereocenters. The van der Waals surface area contributed by atoms with E-state index in [9.17, 15) is 9.59 Å². The first-order valence-electron chi connectivity index (χ1n) is 11.4. The number of rotatable bonds is 8. The van der Waals surface area contributed by atoms with Gasteiger partial charge in [-0.05, 0) is 41.5 Å². The highest BCUT2D eigenvalue weighted by Gasteiger charge is 2.16. The van der Waals surface area contributed by atoms with Gasteiger partial charge in [0, 0.05) is 11.4 Å². The van der Waals surface area contributed by atoms with Crippen molar-refractivity contribution >= 4 is 34.4 Å². The molecule has 180 valence electrons. The van der Waals surface area contributed by atoms with E-state index >= 15 is 0 Å². The summed E-state index contributed by atoms with van der Waals surface area (Å²) < 4.78 is 6.78. The molecule has 1 amide bonds. The van der Waals surface area contributed by atoms with Gasteiger partial charge in [-0.1, -0.05) is 72.4 Å². The Morgan fingerprint density at radius 3 is 2.39 bits per heavy atom. The lowest BCUT2D eigenvalue weighted by molar-refractivity contribution is -0.113. The van der Waals surface area contributed by atoms with Gasteiger partial charge in [-0.2, -0.15) is 0 Å². The van der Waals surface area contributed by atoms with Crippen LogP contribution in [0.4, 0.5) is 5.69 Å². The van der Waals surface area contributed by atoms with Crippen molar-refractivity contribution in [2.75, 3.05) is 18.2 Å². The van der Waals surface area contributed by atoms with Crippen LogP contribution in [-0.2, 0) is 11.3 Å². The molecule has 0 bridgehead atoms. The van der Waals surface area contributed by atoms with Crippen LogP contribution in [0.1, 0.15) is 5.56 Å². The van der Waals surface area contributed by atoms with Crippen molar-refractivity contribution in [3.05, 3.63) is 107 Å². The summed E-state index contributed by atoms with van der Waals surface area (Å²) >= 11 is 1.24. The molecular formula is C28H24N4O3S. The van der Waals surface area contributed by atoms with Gasteiger partial charge in [0.15, 0.2) is 5.16 Å². The number of anilines is 1. The number of hydrogen-bond donors (Lipinski definition) is 2. The number of nitrogens with zero attached hydrogens (tertiary/aromatic N) is 2. The van der Waals surface area contributed by atoms with Crippen LogP contribution in [0, 0.1) is 0 Å². The molecular weight excluding hydrogens is 472 g/mol. The number of carbonyl (C=O) groups is 1. The second-order valence-corrected chi connectivity index (χ2v) is 9.09. The molecule has 0 aliphatic rings. The van der Waals surface area contributed by atoms with Crippen LogP contribution >= 0.6 is 11.8 Å². The molecule has 2 aromatic heterocycles. The molecule has 5 aromatic rings. The third kappa shape index (κ3) is 5.18. The zero-order valence-corrected chi connectivity index (χ0v) is 20.4. The summed E-state index contributed by atoms with van der Waals surface area (Å²) in [5.41, 5.74) is 4.27. The number of ether oxygens (including phenoxy) is 1. The van der Waals surface area contributed by atoms with E-state index in [1.54, 1.807) is 35.9 Å². The van der Waals surface area contributed by atoms with E-state index in [1.807, 2.05) is 66.7 Å². The van der Waals surface area contributed by atoms with E-state index in [4.69, 9.17) is 9.72 Å². The van der Waals surface area contributed by atoms with Gasteiger partial charge < -0.3 is 15.0 Å². The Morgan fingerprint density at radius 1 is 1.00 bits per heavy atom. The molecule has 0 aliphatic carbocycles. The maximum absolute atomic E-state index is 13.6. The van der Waals surface area contributed by atoms with Crippen molar-refractivity contribution in [3.8, 4) is 17.0 Å². The normalized spacial score (nSPS) is 10.9. The van der Waals surface area contributed by atoms with Gasteiger partial charge in [-0.15, -0.1) is 0 Å². The monoisotopic (exact) mass is 496 g/mol. The minimum Gasteiger partial charge on any atom is -0.497 e. The second kappa shape index (κ2) is 10.5. The van der Waals surface area contributed by atoms with Crippen LogP contribution in [-0.4, -0.2) is 33.3 Å². The predicted molar refractivity (Wildman–Crippen MR) is 144 cm³/mol. The summed E-state index contributed by atoms with van der Waals surface area (Å²) in [6.45, 7) is 0.352. The highest BCUT2D eigenvalue weighted by Crippen LogP contribution is 2.24. The number of carbonyl (C=O) groups excluding carboxylic acids is 1. The number of thioether (sulfide) groups is 1. The highest BCUT2D eigenvalue weighted by atomic mass is 32.2. The SMILES string of the molecule is COc1ccc(NC(=O)CSc2nc3cc(-c4ccccc4)[nH]c3c(=O)n2Cc2ccccc2)cc1. The van der Waals surface area contributed by atoms with Crippen LogP contribution in [0.5, 0.6) is 5.75 Å². The maximum Gasteiger partial charge on any atom is 0.278 e. The molecule has 2 N–H and O–H groups in total. The molecule has 2 heterocycles. The molecule has 3 aromatic carbocycles. The zero-order chi connectivity index (χ0) is 24.9. The lowest BCUT2D eigenvalue weighted by atomic mass is 10.2. The third-order valence-electron chi connectivity index (χ3n) is 5.68. The minimum atomic E-state index is -0.190. The molecule has 36 heavy (non-hydrogen) atoms. The van der Waals surface area contributed by atoms with E-state index < -0.39 is 0 Å². The summed E-state index contributed by atoms with van der Waals surface area (Å²) in [6.07, 6.45) is 0. The first-order valence-corrected chi connectivity index (χ1v) is 12.4. The fourth-order valence-corrected chi connectivity index (χ4v) is 4.67. The average molecular weight is 497 g/mol. The Labute approximate surface area is 212 Å². The molecule has 0 unspecified atom stereocenters. The smallest absolute Gasteiger partial charge is 0.278 e. The molecule has 0 saturated heterocycles. The number of hydrogen-bond acceptors (Lipinski definition) is 5. The second-order valence-electron chi connectivity index (χ2n) is 8.15. The Morgan fingerprint density at radius 2 is 1.69 bits per heavy atom. The molecule has 8 heteroatoms. The van der Waals surface area contributed by atoms with Crippen LogP contribution in [0.2, 0.25) is 0 Å². The standard InChI is InChI=1S/C28H24N4O3S/c1-35-22-14-12-21(13-15-22)29-25(33)18-36-28-31-24-16-23(20-10-6-3-7-11-20)30-26(24)27(34)32(28)17-19-8-4-2-5-9-19/h2-16,30H,17-18H2,1H3,(H,29,33). The van der Waals surface area contributed by atoms with Gasteiger partial charge in [-0.25, -0.2) is 4.98 Å². The van der Waals surface area contributed by atoms with Crippen molar-refractivity contribution in [1.29, 1.82) is 0 Å². The van der Waals surface area contributed by atoms with Crippen molar-refractivity contribution in [2.45, 2.75) is 11.7 Å². The van der Waals surface area contributed by atoms with Crippen molar-refractivity contribution < 1.29 is 9.53 Å². The largest absolute Gasteiger partial charge is 0.497 e. The summed E-state index contributed by atoms with van der Waals surface area (Å²) in [7, 11) is 1.59. The molecule has 0 saturated carbocycles. The molecule has 7 nitrogen and oxygen atoms in total. The Bertz CT molecular complexity index is 1550. The summed E-state index contributed by atoms with van der Waals surface area (Å²) in [6, 6.07) is 28.5. The third-order valence-corrected chi connectivity index (χ3v) is 6.65. The summed E-state index contributed by atoms with van der Waals surface area (Å²) in [4.78, 5) is 34.2. The predicted octanol–water partition coefficient (Wildman–Crippen LogP) is 5.18. The van der Waals surface area contributed by atoms with Crippen LogP contribution < -0.4 is 15.6 Å². The number of benzene rings is 3. The fourth-order valence-electron chi connectivity index (χ4n) is 3.87. The zero-order valence-electron chi connectivity index (χ0n) is 19.6. The number of amides is 1. The van der Waals surface area contributed by atoms with Crippen LogP contribution in [0.3, 0.4) is 0 Å². The topological polar surface area (TPSA) is 89.0 Å². The Balaban J connectivity index is 1.45. The highest BCUT2D eigenvalue weighted by molar-refractivity contribution is 7.99. The Hall–Kier alpha value is -4.30. The van der Waals surface area contributed by atoms with E-state index in [2.05, 4.69) is 10.3 Å². The van der Waals surface area contributed by atoms with Crippen molar-refractivity contribution in [3.63, 3.8) is 0 Å². The number of aromatic amines is 1.